The van der Waals surface area contributed by atoms with Crippen molar-refractivity contribution in [3.05, 3.63) is 41.2 Å². The predicted octanol–water partition coefficient (Wildman–Crippen LogP) is 3.38. The van der Waals surface area contributed by atoms with Crippen molar-refractivity contribution < 1.29 is 9.59 Å². The van der Waals surface area contributed by atoms with E-state index >= 15 is 0 Å². The molecule has 0 aliphatic rings. The molecular weight excluding hydrogens is 336 g/mol. The molecule has 2 amide bonds. The van der Waals surface area contributed by atoms with Crippen LogP contribution in [0.25, 0.3) is 0 Å². The van der Waals surface area contributed by atoms with Crippen molar-refractivity contribution in [3.8, 4) is 0 Å². The van der Waals surface area contributed by atoms with E-state index in [-0.39, 0.29) is 11.1 Å². The molecular formula is C18H24N4O2S. The standard InChI is InChI=1S/C18H24N4O2S/c1-12-16(13(2)22(5)20-12)9-10-17(23)19-14-7-6-8-15(11-14)25-18(24)21(3)4/h6-8,11H,9-10H2,1-5H3,(H,19,23). The van der Waals surface area contributed by atoms with Crippen LogP contribution in [0, 0.1) is 13.8 Å². The van der Waals surface area contributed by atoms with Crippen LogP contribution in [0.1, 0.15) is 23.4 Å². The fourth-order valence-electron chi connectivity index (χ4n) is 2.47. The highest BCUT2D eigenvalue weighted by Gasteiger charge is 2.12. The van der Waals surface area contributed by atoms with Crippen LogP contribution in [0.2, 0.25) is 0 Å². The molecule has 7 heteroatoms. The van der Waals surface area contributed by atoms with Gasteiger partial charge in [0, 0.05) is 43.8 Å². The van der Waals surface area contributed by atoms with E-state index in [0.29, 0.717) is 18.5 Å². The second-order valence-electron chi connectivity index (χ2n) is 6.11. The van der Waals surface area contributed by atoms with Crippen molar-refractivity contribution in [1.82, 2.24) is 14.7 Å². The molecule has 1 heterocycles. The van der Waals surface area contributed by atoms with Gasteiger partial charge in [0.25, 0.3) is 5.24 Å². The maximum atomic E-state index is 12.2. The lowest BCUT2D eigenvalue weighted by atomic mass is 10.1. The molecule has 0 radical (unpaired) electrons. The van der Waals surface area contributed by atoms with Gasteiger partial charge in [-0.05, 0) is 55.8 Å². The molecule has 6 nitrogen and oxygen atoms in total. The Morgan fingerprint density at radius 3 is 2.60 bits per heavy atom. The lowest BCUT2D eigenvalue weighted by molar-refractivity contribution is -0.116. The van der Waals surface area contributed by atoms with Gasteiger partial charge in [0.1, 0.15) is 0 Å². The first-order chi connectivity index (χ1) is 11.8. The quantitative estimate of drug-likeness (QED) is 0.830. The number of nitrogens with zero attached hydrogens (tertiary/aromatic N) is 3. The van der Waals surface area contributed by atoms with Gasteiger partial charge in [-0.15, -0.1) is 0 Å². The molecule has 1 aromatic carbocycles. The van der Waals surface area contributed by atoms with Crippen LogP contribution in [0.5, 0.6) is 0 Å². The topological polar surface area (TPSA) is 67.2 Å². The van der Waals surface area contributed by atoms with Crippen LogP contribution in [-0.2, 0) is 18.3 Å². The maximum absolute atomic E-state index is 12.2. The molecule has 134 valence electrons. The minimum atomic E-state index is -0.0521. The SMILES string of the molecule is Cc1nn(C)c(C)c1CCC(=O)Nc1cccc(SC(=O)N(C)C)c1. The summed E-state index contributed by atoms with van der Waals surface area (Å²) in [7, 11) is 5.33. The van der Waals surface area contributed by atoms with Crippen LogP contribution in [-0.4, -0.2) is 39.9 Å². The molecule has 0 unspecified atom stereocenters. The van der Waals surface area contributed by atoms with Crippen LogP contribution >= 0.6 is 11.8 Å². The number of anilines is 1. The van der Waals surface area contributed by atoms with Gasteiger partial charge in [-0.25, -0.2) is 0 Å². The van der Waals surface area contributed by atoms with Gasteiger partial charge < -0.3 is 10.2 Å². The van der Waals surface area contributed by atoms with Gasteiger partial charge in [-0.2, -0.15) is 5.10 Å². The Balaban J connectivity index is 1.95. The molecule has 25 heavy (non-hydrogen) atoms. The zero-order chi connectivity index (χ0) is 18.6. The fourth-order valence-corrected chi connectivity index (χ4v) is 3.19. The predicted molar refractivity (Wildman–Crippen MR) is 101 cm³/mol. The number of aryl methyl sites for hydroxylation is 2. The molecule has 1 N–H and O–H groups in total. The third-order valence-corrected chi connectivity index (χ3v) is 4.98. The number of benzene rings is 1. The second-order valence-corrected chi connectivity index (χ2v) is 7.14. The third kappa shape index (κ3) is 5.09. The average molecular weight is 360 g/mol. The summed E-state index contributed by atoms with van der Waals surface area (Å²) in [5, 5.41) is 7.22. The van der Waals surface area contributed by atoms with E-state index in [1.807, 2.05) is 49.8 Å². The Kier molecular flexibility index (Phi) is 6.25. The summed E-state index contributed by atoms with van der Waals surface area (Å²) in [6.07, 6.45) is 1.05. The highest BCUT2D eigenvalue weighted by atomic mass is 32.2. The minimum Gasteiger partial charge on any atom is -0.339 e. The van der Waals surface area contributed by atoms with E-state index < -0.39 is 0 Å². The molecule has 0 aliphatic heterocycles. The second kappa shape index (κ2) is 8.20. The number of hydrogen-bond acceptors (Lipinski definition) is 4. The summed E-state index contributed by atoms with van der Waals surface area (Å²) in [5.74, 6) is -0.0521. The van der Waals surface area contributed by atoms with Gasteiger partial charge in [0.2, 0.25) is 5.91 Å². The van der Waals surface area contributed by atoms with E-state index in [1.54, 1.807) is 14.1 Å². The summed E-state index contributed by atoms with van der Waals surface area (Å²) in [5.41, 5.74) is 3.87. The Hall–Kier alpha value is -2.28. The van der Waals surface area contributed by atoms with Crippen LogP contribution in [0.4, 0.5) is 10.5 Å². The zero-order valence-corrected chi connectivity index (χ0v) is 16.1. The largest absolute Gasteiger partial charge is 0.339 e. The number of rotatable bonds is 5. The number of thioether (sulfide) groups is 1. The van der Waals surface area contributed by atoms with Crippen LogP contribution in [0.3, 0.4) is 0 Å². The zero-order valence-electron chi connectivity index (χ0n) is 15.3. The van der Waals surface area contributed by atoms with Gasteiger partial charge in [0.15, 0.2) is 0 Å². The number of carbonyl (C=O) groups excluding carboxylic acids is 2. The Morgan fingerprint density at radius 2 is 2.00 bits per heavy atom. The molecule has 0 fully saturated rings. The highest BCUT2D eigenvalue weighted by Crippen LogP contribution is 2.24. The molecule has 0 saturated carbocycles. The van der Waals surface area contributed by atoms with E-state index in [1.165, 1.54) is 4.90 Å². The lowest BCUT2D eigenvalue weighted by Gasteiger charge is -2.10. The number of amides is 2. The first kappa shape index (κ1) is 19.1. The summed E-state index contributed by atoms with van der Waals surface area (Å²) in [6, 6.07) is 7.31. The van der Waals surface area contributed by atoms with Gasteiger partial charge in [-0.3, -0.25) is 14.3 Å². The van der Waals surface area contributed by atoms with Crippen LogP contribution < -0.4 is 5.32 Å². The summed E-state index contributed by atoms with van der Waals surface area (Å²) in [4.78, 5) is 26.3. The van der Waals surface area contributed by atoms with Crippen molar-refractivity contribution in [2.24, 2.45) is 7.05 Å². The molecule has 0 aliphatic carbocycles. The molecule has 1 aromatic heterocycles. The van der Waals surface area contributed by atoms with Gasteiger partial charge in [0.05, 0.1) is 5.69 Å². The summed E-state index contributed by atoms with van der Waals surface area (Å²) >= 11 is 1.13. The molecule has 0 atom stereocenters. The van der Waals surface area contributed by atoms with E-state index in [4.69, 9.17) is 0 Å². The normalized spacial score (nSPS) is 10.6. The molecule has 0 saturated heterocycles. The lowest BCUT2D eigenvalue weighted by Crippen LogP contribution is -2.16. The monoisotopic (exact) mass is 360 g/mol. The Bertz CT molecular complexity index is 783. The first-order valence-electron chi connectivity index (χ1n) is 8.06. The fraction of sp³-hybridized carbons (Fsp3) is 0.389. The van der Waals surface area contributed by atoms with E-state index in [0.717, 1.165) is 33.6 Å². The number of hydrogen-bond donors (Lipinski definition) is 1. The van der Waals surface area contributed by atoms with Crippen molar-refractivity contribution >= 4 is 28.6 Å². The number of carbonyl (C=O) groups is 2. The van der Waals surface area contributed by atoms with Crippen molar-refractivity contribution in [2.75, 3.05) is 19.4 Å². The summed E-state index contributed by atoms with van der Waals surface area (Å²) in [6.45, 7) is 3.97. The first-order valence-corrected chi connectivity index (χ1v) is 8.87. The minimum absolute atomic E-state index is 0.0500. The van der Waals surface area contributed by atoms with Crippen molar-refractivity contribution in [1.29, 1.82) is 0 Å². The smallest absolute Gasteiger partial charge is 0.285 e. The van der Waals surface area contributed by atoms with Gasteiger partial charge in [-0.1, -0.05) is 6.07 Å². The highest BCUT2D eigenvalue weighted by molar-refractivity contribution is 8.13. The maximum Gasteiger partial charge on any atom is 0.285 e. The van der Waals surface area contributed by atoms with E-state index in [9.17, 15) is 9.59 Å². The third-order valence-electron chi connectivity index (χ3n) is 3.95. The molecule has 2 aromatic rings. The van der Waals surface area contributed by atoms with Crippen LogP contribution in [0.15, 0.2) is 29.2 Å². The van der Waals surface area contributed by atoms with Crippen molar-refractivity contribution in [3.63, 3.8) is 0 Å². The molecule has 0 spiro atoms. The van der Waals surface area contributed by atoms with Crippen molar-refractivity contribution in [2.45, 2.75) is 31.6 Å². The summed E-state index contributed by atoms with van der Waals surface area (Å²) < 4.78 is 1.84. The van der Waals surface area contributed by atoms with E-state index in [2.05, 4.69) is 10.4 Å². The average Bonchev–Trinajstić information content (AvgIpc) is 2.78. The number of nitrogens with one attached hydrogen (secondary N) is 1. The van der Waals surface area contributed by atoms with Gasteiger partial charge >= 0.3 is 0 Å². The Morgan fingerprint density at radius 1 is 1.28 bits per heavy atom. The number of aromatic nitrogens is 2. The molecule has 2 rings (SSSR count). The Labute approximate surface area is 152 Å². The molecule has 0 bridgehead atoms.